The van der Waals surface area contributed by atoms with Gasteiger partial charge in [0.05, 0.1) is 12.6 Å². The van der Waals surface area contributed by atoms with E-state index in [2.05, 4.69) is 0 Å². The van der Waals surface area contributed by atoms with E-state index in [4.69, 9.17) is 9.47 Å². The highest BCUT2D eigenvalue weighted by atomic mass is 16.6. The summed E-state index contributed by atoms with van der Waals surface area (Å²) in [5, 5.41) is 9.31. The monoisotopic (exact) mass is 383 g/mol. The van der Waals surface area contributed by atoms with Crippen molar-refractivity contribution in [1.29, 1.82) is 0 Å². The van der Waals surface area contributed by atoms with Gasteiger partial charge in [0.15, 0.2) is 0 Å². The molecule has 0 radical (unpaired) electrons. The SMILES string of the molecule is COCc1ccc([C@H](C)N2CCC(CCCO)(c3ccccc3)OC2=O)cc1. The molecule has 2 aromatic carbocycles. The molecule has 2 atom stereocenters. The number of aliphatic hydroxyl groups excluding tert-OH is 1. The maximum absolute atomic E-state index is 13.0. The maximum Gasteiger partial charge on any atom is 0.411 e. The summed E-state index contributed by atoms with van der Waals surface area (Å²) in [4.78, 5) is 14.7. The number of hydrogen-bond donors (Lipinski definition) is 1. The summed E-state index contributed by atoms with van der Waals surface area (Å²) in [6, 6.07) is 17.9. The predicted molar refractivity (Wildman–Crippen MR) is 108 cm³/mol. The molecule has 0 aliphatic carbocycles. The molecule has 1 aliphatic heterocycles. The third kappa shape index (κ3) is 4.37. The second-order valence-electron chi connectivity index (χ2n) is 7.35. The van der Waals surface area contributed by atoms with Crippen molar-refractivity contribution < 1.29 is 19.4 Å². The summed E-state index contributed by atoms with van der Waals surface area (Å²) in [6.07, 6.45) is 1.61. The lowest BCUT2D eigenvalue weighted by Gasteiger charge is -2.43. The number of hydrogen-bond acceptors (Lipinski definition) is 4. The number of carbonyl (C=O) groups excluding carboxylic acids is 1. The van der Waals surface area contributed by atoms with E-state index in [1.165, 1.54) is 0 Å². The van der Waals surface area contributed by atoms with E-state index in [0.29, 0.717) is 32.4 Å². The first kappa shape index (κ1) is 20.4. The lowest BCUT2D eigenvalue weighted by molar-refractivity contribution is -0.0680. The van der Waals surface area contributed by atoms with Crippen molar-refractivity contribution in [1.82, 2.24) is 4.90 Å². The third-order valence-electron chi connectivity index (χ3n) is 5.55. The molecule has 0 spiro atoms. The molecule has 2 aromatic rings. The number of methoxy groups -OCH3 is 1. The molecule has 1 amide bonds. The van der Waals surface area contributed by atoms with Crippen LogP contribution in [-0.2, 0) is 21.7 Å². The van der Waals surface area contributed by atoms with Gasteiger partial charge >= 0.3 is 6.09 Å². The summed E-state index contributed by atoms with van der Waals surface area (Å²) in [5.41, 5.74) is 2.50. The largest absolute Gasteiger partial charge is 0.438 e. The van der Waals surface area contributed by atoms with Gasteiger partial charge in [-0.05, 0) is 36.5 Å². The van der Waals surface area contributed by atoms with Crippen LogP contribution >= 0.6 is 0 Å². The molecule has 0 saturated carbocycles. The highest BCUT2D eigenvalue weighted by Gasteiger charge is 2.43. The van der Waals surface area contributed by atoms with Crippen molar-refractivity contribution in [3.8, 4) is 0 Å². The molecule has 150 valence electrons. The van der Waals surface area contributed by atoms with E-state index in [1.807, 2.05) is 61.5 Å². The first-order chi connectivity index (χ1) is 13.6. The van der Waals surface area contributed by atoms with Crippen molar-refractivity contribution in [2.24, 2.45) is 0 Å². The van der Waals surface area contributed by atoms with Crippen molar-refractivity contribution in [2.45, 2.75) is 44.4 Å². The van der Waals surface area contributed by atoms with Crippen LogP contribution in [0.4, 0.5) is 4.79 Å². The van der Waals surface area contributed by atoms with Gasteiger partial charge in [-0.15, -0.1) is 0 Å². The van der Waals surface area contributed by atoms with E-state index in [-0.39, 0.29) is 18.7 Å². The molecule has 5 heteroatoms. The highest BCUT2D eigenvalue weighted by Crippen LogP contribution is 2.40. The molecule has 1 saturated heterocycles. The molecule has 1 aliphatic rings. The second-order valence-corrected chi connectivity index (χ2v) is 7.35. The van der Waals surface area contributed by atoms with Crippen LogP contribution in [0, 0.1) is 0 Å². The minimum absolute atomic E-state index is 0.0734. The number of cyclic esters (lactones) is 1. The topological polar surface area (TPSA) is 59.0 Å². The second kappa shape index (κ2) is 9.22. The Morgan fingerprint density at radius 2 is 1.89 bits per heavy atom. The van der Waals surface area contributed by atoms with Gasteiger partial charge in [-0.3, -0.25) is 0 Å². The molecule has 1 unspecified atom stereocenters. The first-order valence-electron chi connectivity index (χ1n) is 9.83. The Balaban J connectivity index is 1.76. The average Bonchev–Trinajstić information content (AvgIpc) is 2.73. The lowest BCUT2D eigenvalue weighted by atomic mass is 9.84. The smallest absolute Gasteiger partial charge is 0.411 e. The van der Waals surface area contributed by atoms with E-state index >= 15 is 0 Å². The van der Waals surface area contributed by atoms with Crippen LogP contribution in [0.1, 0.15) is 48.9 Å². The number of aliphatic hydroxyl groups is 1. The number of carbonyl (C=O) groups is 1. The summed E-state index contributed by atoms with van der Waals surface area (Å²) in [7, 11) is 1.68. The van der Waals surface area contributed by atoms with Crippen molar-refractivity contribution >= 4 is 6.09 Å². The van der Waals surface area contributed by atoms with Gasteiger partial charge in [-0.2, -0.15) is 0 Å². The Kier molecular flexibility index (Phi) is 6.70. The molecule has 0 aromatic heterocycles. The summed E-state index contributed by atoms with van der Waals surface area (Å²) in [6.45, 7) is 3.29. The van der Waals surface area contributed by atoms with Gasteiger partial charge in [0.2, 0.25) is 0 Å². The van der Waals surface area contributed by atoms with Gasteiger partial charge < -0.3 is 19.5 Å². The van der Waals surface area contributed by atoms with E-state index in [1.54, 1.807) is 12.0 Å². The predicted octanol–water partition coefficient (Wildman–Crippen LogP) is 4.40. The summed E-state index contributed by atoms with van der Waals surface area (Å²) in [5.74, 6) is 0. The molecule has 3 rings (SSSR count). The van der Waals surface area contributed by atoms with E-state index in [9.17, 15) is 9.90 Å². The minimum atomic E-state index is -0.667. The Labute approximate surface area is 166 Å². The lowest BCUT2D eigenvalue weighted by Crippen LogP contribution is -2.48. The van der Waals surface area contributed by atoms with Crippen LogP contribution in [0.15, 0.2) is 54.6 Å². The minimum Gasteiger partial charge on any atom is -0.438 e. The molecule has 28 heavy (non-hydrogen) atoms. The van der Waals surface area contributed by atoms with Gasteiger partial charge in [0, 0.05) is 26.7 Å². The molecule has 1 heterocycles. The molecular formula is C23H29NO4. The van der Waals surface area contributed by atoms with Crippen LogP contribution in [0.3, 0.4) is 0 Å². The Morgan fingerprint density at radius 1 is 1.18 bits per heavy atom. The fourth-order valence-electron chi connectivity index (χ4n) is 3.89. The van der Waals surface area contributed by atoms with Crippen molar-refractivity contribution in [3.63, 3.8) is 0 Å². The molecule has 1 fully saturated rings. The van der Waals surface area contributed by atoms with Gasteiger partial charge in [0.25, 0.3) is 0 Å². The molecule has 5 nitrogen and oxygen atoms in total. The number of rotatable bonds is 8. The van der Waals surface area contributed by atoms with Crippen LogP contribution in [0.5, 0.6) is 0 Å². The van der Waals surface area contributed by atoms with Crippen molar-refractivity contribution in [2.75, 3.05) is 20.3 Å². The Bertz CT molecular complexity index is 762. The average molecular weight is 383 g/mol. The molecular weight excluding hydrogens is 354 g/mol. The standard InChI is InChI=1S/C23H29NO4/c1-18(20-11-9-19(10-12-20)17-27-2)24-15-14-23(13-6-16-25,28-22(24)26)21-7-4-3-5-8-21/h3-5,7-12,18,25H,6,13-17H2,1-2H3/t18-,23?/m0/s1. The van der Waals surface area contributed by atoms with Gasteiger partial charge in [-0.25, -0.2) is 4.79 Å². The summed E-state index contributed by atoms with van der Waals surface area (Å²) < 4.78 is 11.2. The highest BCUT2D eigenvalue weighted by molar-refractivity contribution is 5.70. The van der Waals surface area contributed by atoms with Gasteiger partial charge in [-0.1, -0.05) is 54.6 Å². The normalized spacial score (nSPS) is 20.7. The van der Waals surface area contributed by atoms with Crippen molar-refractivity contribution in [3.05, 3.63) is 71.3 Å². The number of benzene rings is 2. The van der Waals surface area contributed by atoms with E-state index in [0.717, 1.165) is 16.7 Å². The van der Waals surface area contributed by atoms with Crippen LogP contribution in [0.25, 0.3) is 0 Å². The third-order valence-corrected chi connectivity index (χ3v) is 5.55. The first-order valence-corrected chi connectivity index (χ1v) is 9.83. The van der Waals surface area contributed by atoms with Gasteiger partial charge in [0.1, 0.15) is 5.60 Å². The fraction of sp³-hybridized carbons (Fsp3) is 0.435. The zero-order chi connectivity index (χ0) is 20.0. The quantitative estimate of drug-likeness (QED) is 0.734. The van der Waals surface area contributed by atoms with Crippen LogP contribution in [0.2, 0.25) is 0 Å². The maximum atomic E-state index is 13.0. The molecule has 1 N–H and O–H groups in total. The van der Waals surface area contributed by atoms with Crippen LogP contribution in [-0.4, -0.2) is 36.4 Å². The Hall–Kier alpha value is -2.37. The fourth-order valence-corrected chi connectivity index (χ4v) is 3.89. The molecule has 0 bridgehead atoms. The zero-order valence-corrected chi connectivity index (χ0v) is 16.6. The Morgan fingerprint density at radius 3 is 2.50 bits per heavy atom. The zero-order valence-electron chi connectivity index (χ0n) is 16.6. The van der Waals surface area contributed by atoms with E-state index < -0.39 is 5.60 Å². The summed E-state index contributed by atoms with van der Waals surface area (Å²) >= 11 is 0. The van der Waals surface area contributed by atoms with Crippen LogP contribution < -0.4 is 0 Å². The number of nitrogens with zero attached hydrogens (tertiary/aromatic N) is 1. The number of amides is 1. The number of ether oxygens (including phenoxy) is 2.